The molecule has 1 N–H and O–H groups in total. The van der Waals surface area contributed by atoms with E-state index in [0.717, 1.165) is 18.4 Å². The van der Waals surface area contributed by atoms with Crippen LogP contribution in [-0.2, 0) is 16.1 Å². The van der Waals surface area contributed by atoms with E-state index in [1.54, 1.807) is 0 Å². The zero-order valence-electron chi connectivity index (χ0n) is 12.2. The molecule has 0 spiro atoms. The maximum absolute atomic E-state index is 12.1. The van der Waals surface area contributed by atoms with Crippen molar-refractivity contribution in [2.75, 3.05) is 6.54 Å². The number of carbonyl (C=O) groups is 2. The Bertz CT molecular complexity index is 488. The molecule has 2 rings (SSSR count). The molecule has 21 heavy (non-hydrogen) atoms. The van der Waals surface area contributed by atoms with Gasteiger partial charge in [-0.2, -0.15) is 0 Å². The van der Waals surface area contributed by atoms with E-state index < -0.39 is 18.1 Å². The van der Waals surface area contributed by atoms with E-state index >= 15 is 0 Å². The zero-order valence-corrected chi connectivity index (χ0v) is 12.2. The maximum atomic E-state index is 12.1. The molecular formula is C16H21NO4. The Kier molecular flexibility index (Phi) is 5.20. The number of carbonyl (C=O) groups excluding carboxylic acids is 1. The molecule has 1 aromatic rings. The smallest absolute Gasteiger partial charge is 0.410 e. The van der Waals surface area contributed by atoms with Crippen molar-refractivity contribution in [2.45, 2.75) is 38.8 Å². The highest BCUT2D eigenvalue weighted by molar-refractivity contribution is 5.80. The van der Waals surface area contributed by atoms with Crippen LogP contribution in [0.3, 0.4) is 0 Å². The van der Waals surface area contributed by atoms with Gasteiger partial charge in [0.05, 0.1) is 0 Å². The summed E-state index contributed by atoms with van der Waals surface area (Å²) in [6.45, 7) is 2.70. The van der Waals surface area contributed by atoms with Gasteiger partial charge in [-0.05, 0) is 24.3 Å². The van der Waals surface area contributed by atoms with Gasteiger partial charge in [-0.1, -0.05) is 43.7 Å². The van der Waals surface area contributed by atoms with Crippen LogP contribution in [0.25, 0.3) is 0 Å². The molecule has 114 valence electrons. The molecule has 1 aliphatic heterocycles. The molecule has 0 aromatic heterocycles. The largest absolute Gasteiger partial charge is 0.480 e. The van der Waals surface area contributed by atoms with Crippen molar-refractivity contribution < 1.29 is 19.4 Å². The fourth-order valence-electron chi connectivity index (χ4n) is 2.78. The van der Waals surface area contributed by atoms with E-state index in [1.165, 1.54) is 4.90 Å². The molecule has 0 unspecified atom stereocenters. The first kappa shape index (κ1) is 15.4. The average Bonchev–Trinajstić information content (AvgIpc) is 2.90. The Labute approximate surface area is 124 Å². The van der Waals surface area contributed by atoms with Gasteiger partial charge in [0.15, 0.2) is 0 Å². The van der Waals surface area contributed by atoms with E-state index in [4.69, 9.17) is 4.74 Å². The number of hydrogen-bond donors (Lipinski definition) is 1. The number of nitrogens with zero attached hydrogens (tertiary/aromatic N) is 1. The first-order valence-corrected chi connectivity index (χ1v) is 7.32. The van der Waals surface area contributed by atoms with Crippen LogP contribution in [0, 0.1) is 5.92 Å². The third kappa shape index (κ3) is 3.97. The fraction of sp³-hybridized carbons (Fsp3) is 0.500. The summed E-state index contributed by atoms with van der Waals surface area (Å²) < 4.78 is 5.24. The van der Waals surface area contributed by atoms with Crippen molar-refractivity contribution in [3.05, 3.63) is 35.9 Å². The molecule has 5 nitrogen and oxygen atoms in total. The van der Waals surface area contributed by atoms with Crippen molar-refractivity contribution >= 4 is 12.1 Å². The summed E-state index contributed by atoms with van der Waals surface area (Å²) in [4.78, 5) is 24.8. The number of carboxylic acid groups (broad SMARTS) is 1. The number of carboxylic acids is 1. The third-order valence-corrected chi connectivity index (χ3v) is 3.81. The van der Waals surface area contributed by atoms with Crippen LogP contribution in [-0.4, -0.2) is 34.7 Å². The Hall–Kier alpha value is -2.04. The van der Waals surface area contributed by atoms with E-state index in [9.17, 15) is 14.7 Å². The zero-order chi connectivity index (χ0) is 15.2. The summed E-state index contributed by atoms with van der Waals surface area (Å²) in [6, 6.07) is 8.61. The van der Waals surface area contributed by atoms with E-state index in [2.05, 4.69) is 6.92 Å². The summed E-state index contributed by atoms with van der Waals surface area (Å²) in [5.74, 6) is -0.703. The molecule has 0 radical (unpaired) electrons. The summed E-state index contributed by atoms with van der Waals surface area (Å²) >= 11 is 0. The summed E-state index contributed by atoms with van der Waals surface area (Å²) in [7, 11) is 0. The minimum Gasteiger partial charge on any atom is -0.480 e. The van der Waals surface area contributed by atoms with Crippen molar-refractivity contribution in [3.63, 3.8) is 0 Å². The number of aliphatic carboxylic acids is 1. The Morgan fingerprint density at radius 2 is 2.05 bits per heavy atom. The van der Waals surface area contributed by atoms with Gasteiger partial charge < -0.3 is 9.84 Å². The van der Waals surface area contributed by atoms with Gasteiger partial charge >= 0.3 is 12.1 Å². The van der Waals surface area contributed by atoms with Crippen LogP contribution >= 0.6 is 0 Å². The lowest BCUT2D eigenvalue weighted by Crippen LogP contribution is -2.40. The van der Waals surface area contributed by atoms with E-state index in [-0.39, 0.29) is 12.5 Å². The Balaban J connectivity index is 1.94. The van der Waals surface area contributed by atoms with Crippen LogP contribution in [0.4, 0.5) is 4.79 Å². The number of ether oxygens (including phenoxy) is 1. The first-order chi connectivity index (χ1) is 10.1. The third-order valence-electron chi connectivity index (χ3n) is 3.81. The molecule has 0 aliphatic carbocycles. The summed E-state index contributed by atoms with van der Waals surface area (Å²) in [5, 5.41) is 9.25. The normalized spacial score (nSPS) is 21.3. The van der Waals surface area contributed by atoms with Gasteiger partial charge in [0.2, 0.25) is 0 Å². The number of rotatable bonds is 5. The summed E-state index contributed by atoms with van der Waals surface area (Å²) in [6.07, 6.45) is 1.91. The highest BCUT2D eigenvalue weighted by Gasteiger charge is 2.40. The molecule has 1 fully saturated rings. The van der Waals surface area contributed by atoms with Crippen LogP contribution < -0.4 is 0 Å². The highest BCUT2D eigenvalue weighted by Crippen LogP contribution is 2.27. The molecular weight excluding hydrogens is 270 g/mol. The van der Waals surface area contributed by atoms with Crippen LogP contribution in [0.15, 0.2) is 30.3 Å². The van der Waals surface area contributed by atoms with Crippen molar-refractivity contribution in [3.8, 4) is 0 Å². The standard InChI is InChI=1S/C16H21NO4/c1-2-6-13-9-14(15(18)19)17(10-13)16(20)21-11-12-7-4-3-5-8-12/h3-5,7-8,13-14H,2,6,9-11H2,1H3,(H,18,19)/t13-,14+/m1/s1. The predicted octanol–water partition coefficient (Wildman–Crippen LogP) is 2.90. The van der Waals surface area contributed by atoms with Gasteiger partial charge in [-0.25, -0.2) is 9.59 Å². The topological polar surface area (TPSA) is 66.8 Å². The fourth-order valence-corrected chi connectivity index (χ4v) is 2.78. The van der Waals surface area contributed by atoms with Crippen molar-refractivity contribution in [2.24, 2.45) is 5.92 Å². The SMILES string of the molecule is CCC[C@@H]1C[C@@H](C(=O)O)N(C(=O)OCc2ccccc2)C1. The van der Waals surface area contributed by atoms with Gasteiger partial charge in [0.25, 0.3) is 0 Å². The lowest BCUT2D eigenvalue weighted by atomic mass is 10.0. The second-order valence-electron chi connectivity index (χ2n) is 5.44. The molecule has 1 saturated heterocycles. The van der Waals surface area contributed by atoms with Crippen LogP contribution in [0.5, 0.6) is 0 Å². The highest BCUT2D eigenvalue weighted by atomic mass is 16.6. The second-order valence-corrected chi connectivity index (χ2v) is 5.44. The second kappa shape index (κ2) is 7.11. The van der Waals surface area contributed by atoms with Gasteiger partial charge in [0.1, 0.15) is 12.6 Å². The number of likely N-dealkylation sites (tertiary alicyclic amines) is 1. The molecule has 0 saturated carbocycles. The van der Waals surface area contributed by atoms with E-state index in [0.29, 0.717) is 13.0 Å². The van der Waals surface area contributed by atoms with Gasteiger partial charge in [-0.15, -0.1) is 0 Å². The van der Waals surface area contributed by atoms with Gasteiger partial charge in [0, 0.05) is 6.54 Å². The minimum absolute atomic E-state index is 0.168. The number of hydrogen-bond acceptors (Lipinski definition) is 3. The lowest BCUT2D eigenvalue weighted by Gasteiger charge is -2.20. The molecule has 1 aromatic carbocycles. The maximum Gasteiger partial charge on any atom is 0.410 e. The Morgan fingerprint density at radius 1 is 1.33 bits per heavy atom. The van der Waals surface area contributed by atoms with Gasteiger partial charge in [-0.3, -0.25) is 4.90 Å². The lowest BCUT2D eigenvalue weighted by molar-refractivity contribution is -0.141. The predicted molar refractivity (Wildman–Crippen MR) is 77.8 cm³/mol. The quantitative estimate of drug-likeness (QED) is 0.905. The van der Waals surface area contributed by atoms with E-state index in [1.807, 2.05) is 30.3 Å². The van der Waals surface area contributed by atoms with Crippen molar-refractivity contribution in [1.82, 2.24) is 4.90 Å². The van der Waals surface area contributed by atoms with Crippen LogP contribution in [0.1, 0.15) is 31.7 Å². The van der Waals surface area contributed by atoms with Crippen LogP contribution in [0.2, 0.25) is 0 Å². The number of benzene rings is 1. The molecule has 0 bridgehead atoms. The molecule has 1 heterocycles. The molecule has 1 amide bonds. The monoisotopic (exact) mass is 291 g/mol. The average molecular weight is 291 g/mol. The summed E-state index contributed by atoms with van der Waals surface area (Å²) in [5.41, 5.74) is 0.891. The molecule has 2 atom stereocenters. The minimum atomic E-state index is -0.953. The molecule has 5 heteroatoms. The number of amides is 1. The van der Waals surface area contributed by atoms with Crippen molar-refractivity contribution in [1.29, 1.82) is 0 Å². The molecule has 1 aliphatic rings. The Morgan fingerprint density at radius 3 is 2.67 bits per heavy atom. The first-order valence-electron chi connectivity index (χ1n) is 7.32.